The molecule has 42 heavy (non-hydrogen) atoms. The Hall–Kier alpha value is -5.33. The predicted octanol–water partition coefficient (Wildman–Crippen LogP) is 10.2. The number of imidazole rings is 1. The van der Waals surface area contributed by atoms with Crippen molar-refractivity contribution in [3.63, 3.8) is 0 Å². The normalized spacial score (nSPS) is 11.9. The second-order valence-electron chi connectivity index (χ2n) is 10.4. The minimum Gasteiger partial charge on any atom is -0.450 e. The Kier molecular flexibility index (Phi) is 4.92. The van der Waals surface area contributed by atoms with Crippen LogP contribution in [0, 0.1) is 5.82 Å². The molecule has 0 aliphatic heterocycles. The van der Waals surface area contributed by atoms with Gasteiger partial charge in [-0.25, -0.2) is 14.4 Å². The van der Waals surface area contributed by atoms with Crippen LogP contribution < -0.4 is 0 Å². The van der Waals surface area contributed by atoms with Gasteiger partial charge in [-0.1, -0.05) is 66.7 Å². The van der Waals surface area contributed by atoms with Gasteiger partial charge in [-0.3, -0.25) is 4.57 Å². The minimum absolute atomic E-state index is 0.144. The molecule has 4 aromatic heterocycles. The zero-order valence-electron chi connectivity index (χ0n) is 22.1. The molecule has 4 heterocycles. The third-order valence-corrected chi connectivity index (χ3v) is 9.04. The molecule has 0 atom stereocenters. The lowest BCUT2D eigenvalue weighted by atomic mass is 10.1. The quantitative estimate of drug-likeness (QED) is 0.216. The third kappa shape index (κ3) is 3.39. The van der Waals surface area contributed by atoms with Crippen LogP contribution in [0.25, 0.3) is 81.6 Å². The van der Waals surface area contributed by atoms with E-state index in [0.717, 1.165) is 39.1 Å². The van der Waals surface area contributed by atoms with Crippen molar-refractivity contribution in [3.05, 3.63) is 127 Å². The fourth-order valence-corrected chi connectivity index (χ4v) is 7.06. The predicted molar refractivity (Wildman–Crippen MR) is 170 cm³/mol. The Morgan fingerprint density at radius 3 is 2.36 bits per heavy atom. The van der Waals surface area contributed by atoms with Gasteiger partial charge in [-0.2, -0.15) is 0 Å². The second kappa shape index (κ2) is 8.83. The van der Waals surface area contributed by atoms with Gasteiger partial charge in [0, 0.05) is 42.9 Å². The first-order valence-corrected chi connectivity index (χ1v) is 14.5. The summed E-state index contributed by atoms with van der Waals surface area (Å²) in [6.45, 7) is 0. The van der Waals surface area contributed by atoms with E-state index in [1.54, 1.807) is 11.3 Å². The van der Waals surface area contributed by atoms with Crippen molar-refractivity contribution in [2.75, 3.05) is 0 Å². The third-order valence-electron chi connectivity index (χ3n) is 7.89. The Morgan fingerprint density at radius 1 is 0.643 bits per heavy atom. The summed E-state index contributed by atoms with van der Waals surface area (Å²) in [5.74, 6) is 0.285. The van der Waals surface area contributed by atoms with Crippen LogP contribution in [0.1, 0.15) is 0 Å². The number of aromatic nitrogens is 3. The van der Waals surface area contributed by atoms with Gasteiger partial charge in [-0.15, -0.1) is 11.3 Å². The summed E-state index contributed by atoms with van der Waals surface area (Å²) in [4.78, 5) is 9.94. The van der Waals surface area contributed by atoms with Gasteiger partial charge in [-0.05, 0) is 48.5 Å². The minimum atomic E-state index is -0.440. The number of hydrogen-bond acceptors (Lipinski definition) is 4. The van der Waals surface area contributed by atoms with E-state index in [4.69, 9.17) is 14.4 Å². The van der Waals surface area contributed by atoms with E-state index < -0.39 is 5.82 Å². The van der Waals surface area contributed by atoms with Gasteiger partial charge in [0.15, 0.2) is 11.4 Å². The number of thiophene rings is 1. The molecule has 0 N–H and O–H groups in total. The Balaban J connectivity index is 1.32. The number of benzene rings is 5. The van der Waals surface area contributed by atoms with E-state index in [1.807, 2.05) is 66.7 Å². The summed E-state index contributed by atoms with van der Waals surface area (Å²) in [6, 6.07) is 40.1. The zero-order chi connectivity index (χ0) is 27.8. The summed E-state index contributed by atoms with van der Waals surface area (Å²) in [7, 11) is 0. The molecule has 0 radical (unpaired) electrons. The summed E-state index contributed by atoms with van der Waals surface area (Å²) in [5.41, 5.74) is 6.24. The maximum atomic E-state index is 15.5. The molecule has 9 aromatic rings. The molecule has 5 aromatic carbocycles. The van der Waals surface area contributed by atoms with Gasteiger partial charge in [0.2, 0.25) is 0 Å². The fraction of sp³-hybridized carbons (Fsp3) is 0. The molecular formula is C36H20FN3OS. The summed E-state index contributed by atoms with van der Waals surface area (Å²) < 4.78 is 26.4. The van der Waals surface area contributed by atoms with E-state index in [1.165, 1.54) is 26.2 Å². The van der Waals surface area contributed by atoms with E-state index in [-0.39, 0.29) is 5.58 Å². The van der Waals surface area contributed by atoms with Gasteiger partial charge in [0.05, 0.1) is 22.3 Å². The van der Waals surface area contributed by atoms with Crippen molar-refractivity contribution in [1.82, 2.24) is 14.5 Å². The second-order valence-corrected chi connectivity index (χ2v) is 11.4. The topological polar surface area (TPSA) is 43.9 Å². The summed E-state index contributed by atoms with van der Waals surface area (Å²) >= 11 is 1.79. The van der Waals surface area contributed by atoms with Crippen molar-refractivity contribution in [3.8, 4) is 28.3 Å². The van der Waals surface area contributed by atoms with Crippen molar-refractivity contribution in [2.45, 2.75) is 0 Å². The van der Waals surface area contributed by atoms with Crippen LogP contribution >= 0.6 is 11.3 Å². The highest BCUT2D eigenvalue weighted by molar-refractivity contribution is 7.25. The number of hydrogen-bond donors (Lipinski definition) is 0. The van der Waals surface area contributed by atoms with Crippen LogP contribution in [0.3, 0.4) is 0 Å². The molecule has 4 nitrogen and oxygen atoms in total. The van der Waals surface area contributed by atoms with Gasteiger partial charge < -0.3 is 4.42 Å². The van der Waals surface area contributed by atoms with Crippen LogP contribution in [0.4, 0.5) is 4.39 Å². The van der Waals surface area contributed by atoms with Crippen molar-refractivity contribution in [1.29, 1.82) is 0 Å². The highest BCUT2D eigenvalue weighted by Crippen LogP contribution is 2.40. The van der Waals surface area contributed by atoms with Crippen molar-refractivity contribution >= 4 is 64.6 Å². The van der Waals surface area contributed by atoms with Gasteiger partial charge in [0.1, 0.15) is 16.9 Å². The average molecular weight is 562 g/mol. The van der Waals surface area contributed by atoms with Crippen LogP contribution in [0.2, 0.25) is 0 Å². The van der Waals surface area contributed by atoms with E-state index in [0.29, 0.717) is 16.8 Å². The first-order valence-electron chi connectivity index (χ1n) is 13.7. The van der Waals surface area contributed by atoms with Crippen molar-refractivity contribution in [2.24, 2.45) is 0 Å². The van der Waals surface area contributed by atoms with E-state index in [2.05, 4.69) is 53.1 Å². The molecule has 0 spiro atoms. The van der Waals surface area contributed by atoms with Gasteiger partial charge >= 0.3 is 0 Å². The molecule has 9 rings (SSSR count). The molecule has 0 amide bonds. The Bertz CT molecular complexity index is 2490. The number of nitrogens with zero attached hydrogens (tertiary/aromatic N) is 3. The number of halogens is 1. The number of furan rings is 1. The maximum Gasteiger partial charge on any atom is 0.189 e. The number of fused-ring (bicyclic) bond motifs is 7. The summed E-state index contributed by atoms with van der Waals surface area (Å²) in [5, 5.41) is 3.19. The van der Waals surface area contributed by atoms with Crippen LogP contribution in [-0.2, 0) is 0 Å². The standard InChI is InChI=1S/C36H20FN3OS/c37-27-20-29(21-9-2-1-3-10-21)38-33-24-12-8-13-25(34(24)41-35(27)33)36-39-28-14-5-6-15-30(28)40(36)22-17-18-32-26(19-22)23-11-4-7-16-31(23)42-32/h1-20H. The smallest absolute Gasteiger partial charge is 0.189 e. The molecular weight excluding hydrogens is 541 g/mol. The van der Waals surface area contributed by atoms with E-state index in [9.17, 15) is 0 Å². The molecule has 0 fully saturated rings. The lowest BCUT2D eigenvalue weighted by Crippen LogP contribution is -1.97. The molecule has 0 aliphatic carbocycles. The fourth-order valence-electron chi connectivity index (χ4n) is 5.97. The molecule has 0 aliphatic rings. The van der Waals surface area contributed by atoms with Gasteiger partial charge in [0.25, 0.3) is 0 Å². The Labute approximate surface area is 242 Å². The largest absolute Gasteiger partial charge is 0.450 e. The zero-order valence-corrected chi connectivity index (χ0v) is 22.9. The highest BCUT2D eigenvalue weighted by atomic mass is 32.1. The Morgan fingerprint density at radius 2 is 1.43 bits per heavy atom. The first-order chi connectivity index (χ1) is 20.7. The maximum absolute atomic E-state index is 15.5. The first kappa shape index (κ1) is 23.4. The SMILES string of the molecule is Fc1cc(-c2ccccc2)nc2c1oc1c(-c3nc4ccccc4n3-c3ccc4sc5ccccc5c4c3)cccc12. The average Bonchev–Trinajstić information content (AvgIpc) is 3.73. The molecule has 0 saturated heterocycles. The molecule has 198 valence electrons. The van der Waals surface area contributed by atoms with Crippen molar-refractivity contribution < 1.29 is 8.81 Å². The number of rotatable bonds is 3. The lowest BCUT2D eigenvalue weighted by molar-refractivity contribution is 0.583. The molecule has 0 saturated carbocycles. The molecule has 6 heteroatoms. The number of para-hydroxylation sites is 3. The molecule has 0 bridgehead atoms. The molecule has 0 unspecified atom stereocenters. The van der Waals surface area contributed by atoms with Crippen LogP contribution in [0.5, 0.6) is 0 Å². The van der Waals surface area contributed by atoms with Crippen LogP contribution in [-0.4, -0.2) is 14.5 Å². The lowest BCUT2D eigenvalue weighted by Gasteiger charge is -2.10. The van der Waals surface area contributed by atoms with E-state index >= 15 is 4.39 Å². The summed E-state index contributed by atoms with van der Waals surface area (Å²) in [6.07, 6.45) is 0. The number of pyridine rings is 1. The van der Waals surface area contributed by atoms with Crippen LogP contribution in [0.15, 0.2) is 126 Å². The highest BCUT2D eigenvalue weighted by Gasteiger charge is 2.22. The monoisotopic (exact) mass is 561 g/mol.